The molecule has 3 aromatic rings. The van der Waals surface area contributed by atoms with Gasteiger partial charge in [-0.1, -0.05) is 17.3 Å². The van der Waals surface area contributed by atoms with E-state index in [-0.39, 0.29) is 11.6 Å². The maximum Gasteiger partial charge on any atom is 0.274 e. The van der Waals surface area contributed by atoms with Gasteiger partial charge in [-0.05, 0) is 43.0 Å². The fourth-order valence-electron chi connectivity index (χ4n) is 2.99. The molecule has 1 N–H and O–H groups in total. The Morgan fingerprint density at radius 1 is 1.42 bits per heavy atom. The van der Waals surface area contributed by atoms with Gasteiger partial charge in [0.25, 0.3) is 5.91 Å². The van der Waals surface area contributed by atoms with Crippen LogP contribution in [0.25, 0.3) is 0 Å². The molecule has 1 fully saturated rings. The molecule has 7 heteroatoms. The Hall–Kier alpha value is -3.40. The maximum atomic E-state index is 12.6. The molecule has 0 bridgehead atoms. The SMILES string of the molecule is Cc1cnn(Cc2cc(C(=O)NC3(c4cccc(C#N)c4)CC3)no2)c1. The number of hydrogen-bond acceptors (Lipinski definition) is 5. The summed E-state index contributed by atoms with van der Waals surface area (Å²) >= 11 is 0. The van der Waals surface area contributed by atoms with Crippen molar-refractivity contribution in [3.8, 4) is 6.07 Å². The number of amides is 1. The summed E-state index contributed by atoms with van der Waals surface area (Å²) in [6.45, 7) is 2.38. The lowest BCUT2D eigenvalue weighted by Gasteiger charge is -2.17. The first-order valence-electron chi connectivity index (χ1n) is 8.36. The first-order chi connectivity index (χ1) is 12.6. The Morgan fingerprint density at radius 3 is 2.96 bits per heavy atom. The number of benzene rings is 1. The van der Waals surface area contributed by atoms with Crippen LogP contribution in [0.4, 0.5) is 0 Å². The molecule has 0 radical (unpaired) electrons. The van der Waals surface area contributed by atoms with Gasteiger partial charge in [0.2, 0.25) is 0 Å². The van der Waals surface area contributed by atoms with Crippen LogP contribution in [0.5, 0.6) is 0 Å². The molecule has 1 aliphatic carbocycles. The molecular weight excluding hydrogens is 330 g/mol. The Labute approximate surface area is 150 Å². The van der Waals surface area contributed by atoms with Crippen LogP contribution in [0, 0.1) is 18.3 Å². The van der Waals surface area contributed by atoms with E-state index in [1.807, 2.05) is 31.3 Å². The van der Waals surface area contributed by atoms with Gasteiger partial charge >= 0.3 is 0 Å². The lowest BCUT2D eigenvalue weighted by Crippen LogP contribution is -2.35. The van der Waals surface area contributed by atoms with Crippen LogP contribution >= 0.6 is 0 Å². The molecule has 0 unspecified atom stereocenters. The van der Waals surface area contributed by atoms with Gasteiger partial charge in [-0.15, -0.1) is 0 Å². The lowest BCUT2D eigenvalue weighted by atomic mass is 10.0. The van der Waals surface area contributed by atoms with Crippen LogP contribution < -0.4 is 5.32 Å². The van der Waals surface area contributed by atoms with Crippen molar-refractivity contribution >= 4 is 5.91 Å². The molecule has 1 aliphatic rings. The van der Waals surface area contributed by atoms with Crippen LogP contribution in [0.15, 0.2) is 47.2 Å². The zero-order valence-corrected chi connectivity index (χ0v) is 14.3. The van der Waals surface area contributed by atoms with E-state index >= 15 is 0 Å². The van der Waals surface area contributed by atoms with E-state index < -0.39 is 5.54 Å². The quantitative estimate of drug-likeness (QED) is 0.765. The summed E-state index contributed by atoms with van der Waals surface area (Å²) in [5, 5.41) is 20.2. The van der Waals surface area contributed by atoms with Crippen molar-refractivity contribution in [1.82, 2.24) is 20.3 Å². The topological polar surface area (TPSA) is 96.7 Å². The third kappa shape index (κ3) is 3.09. The van der Waals surface area contributed by atoms with Crippen LogP contribution in [-0.4, -0.2) is 20.8 Å². The fourth-order valence-corrected chi connectivity index (χ4v) is 2.99. The van der Waals surface area contributed by atoms with Gasteiger partial charge in [-0.2, -0.15) is 10.4 Å². The molecule has 0 spiro atoms. The number of rotatable bonds is 5. The van der Waals surface area contributed by atoms with Crippen LogP contribution in [0.2, 0.25) is 0 Å². The summed E-state index contributed by atoms with van der Waals surface area (Å²) in [6, 6.07) is 11.1. The number of carbonyl (C=O) groups excluding carboxylic acids is 1. The molecule has 130 valence electrons. The second-order valence-electron chi connectivity index (χ2n) is 6.62. The largest absolute Gasteiger partial charge is 0.359 e. The molecule has 1 aromatic carbocycles. The lowest BCUT2D eigenvalue weighted by molar-refractivity contribution is 0.0921. The highest BCUT2D eigenvalue weighted by atomic mass is 16.5. The normalized spacial score (nSPS) is 14.6. The molecule has 0 aliphatic heterocycles. The minimum Gasteiger partial charge on any atom is -0.359 e. The van der Waals surface area contributed by atoms with Crippen LogP contribution in [0.3, 0.4) is 0 Å². The summed E-state index contributed by atoms with van der Waals surface area (Å²) in [5.74, 6) is 0.283. The maximum absolute atomic E-state index is 12.6. The molecule has 1 amide bonds. The second kappa shape index (κ2) is 6.15. The molecular formula is C19H17N5O2. The third-order valence-corrected chi connectivity index (χ3v) is 4.52. The van der Waals surface area contributed by atoms with Gasteiger partial charge in [-0.3, -0.25) is 9.48 Å². The number of nitriles is 1. The second-order valence-corrected chi connectivity index (χ2v) is 6.62. The molecule has 4 rings (SSSR count). The van der Waals surface area contributed by atoms with Crippen molar-refractivity contribution in [2.24, 2.45) is 0 Å². The number of hydrogen-bond donors (Lipinski definition) is 1. The number of aryl methyl sites for hydroxylation is 1. The van der Waals surface area contributed by atoms with Crippen molar-refractivity contribution in [3.05, 3.63) is 70.9 Å². The highest BCUT2D eigenvalue weighted by molar-refractivity contribution is 5.93. The van der Waals surface area contributed by atoms with E-state index in [0.717, 1.165) is 24.0 Å². The van der Waals surface area contributed by atoms with Crippen molar-refractivity contribution in [2.75, 3.05) is 0 Å². The first kappa shape index (κ1) is 16.1. The summed E-state index contributed by atoms with van der Waals surface area (Å²) in [7, 11) is 0. The van der Waals surface area contributed by atoms with Gasteiger partial charge in [0, 0.05) is 12.3 Å². The summed E-state index contributed by atoms with van der Waals surface area (Å²) in [5.41, 5.74) is 2.41. The van der Waals surface area contributed by atoms with Gasteiger partial charge in [0.15, 0.2) is 11.5 Å². The average Bonchev–Trinajstić information content (AvgIpc) is 3.08. The van der Waals surface area contributed by atoms with Crippen molar-refractivity contribution < 1.29 is 9.32 Å². The van der Waals surface area contributed by atoms with E-state index in [2.05, 4.69) is 21.6 Å². The van der Waals surface area contributed by atoms with E-state index in [0.29, 0.717) is 17.9 Å². The monoisotopic (exact) mass is 347 g/mol. The first-order valence-corrected chi connectivity index (χ1v) is 8.36. The Balaban J connectivity index is 1.47. The number of nitrogens with zero attached hydrogens (tertiary/aromatic N) is 4. The zero-order chi connectivity index (χ0) is 18.1. The van der Waals surface area contributed by atoms with E-state index in [4.69, 9.17) is 9.78 Å². The average molecular weight is 347 g/mol. The minimum absolute atomic E-state index is 0.242. The standard InChI is InChI=1S/C19H17N5O2/c1-13-10-21-24(11-13)12-16-8-17(23-26-16)18(25)22-19(5-6-19)15-4-2-3-14(7-15)9-20/h2-4,7-8,10-11H,5-6,12H2,1H3,(H,22,25). The van der Waals surface area contributed by atoms with Gasteiger partial charge in [-0.25, -0.2) is 0 Å². The van der Waals surface area contributed by atoms with Crippen molar-refractivity contribution in [3.63, 3.8) is 0 Å². The number of nitrogens with one attached hydrogen (secondary N) is 1. The molecule has 0 atom stereocenters. The molecule has 7 nitrogen and oxygen atoms in total. The predicted octanol–water partition coefficient (Wildman–Crippen LogP) is 2.52. The highest BCUT2D eigenvalue weighted by Crippen LogP contribution is 2.45. The Kier molecular flexibility index (Phi) is 3.81. The van der Waals surface area contributed by atoms with Crippen molar-refractivity contribution in [1.29, 1.82) is 5.26 Å². The van der Waals surface area contributed by atoms with Gasteiger partial charge in [0.1, 0.15) is 6.54 Å². The number of aromatic nitrogens is 3. The zero-order valence-electron chi connectivity index (χ0n) is 14.3. The molecule has 2 heterocycles. The van der Waals surface area contributed by atoms with Gasteiger partial charge < -0.3 is 9.84 Å². The van der Waals surface area contributed by atoms with Gasteiger partial charge in [0.05, 0.1) is 23.4 Å². The molecule has 1 saturated carbocycles. The van der Waals surface area contributed by atoms with E-state index in [1.165, 1.54) is 0 Å². The fraction of sp³-hybridized carbons (Fsp3) is 0.263. The summed E-state index contributed by atoms with van der Waals surface area (Å²) in [6.07, 6.45) is 5.33. The van der Waals surface area contributed by atoms with Crippen LogP contribution in [0.1, 0.15) is 45.8 Å². The smallest absolute Gasteiger partial charge is 0.274 e. The summed E-state index contributed by atoms with van der Waals surface area (Å²) in [4.78, 5) is 12.6. The van der Waals surface area contributed by atoms with E-state index in [9.17, 15) is 4.79 Å². The minimum atomic E-state index is -0.415. The Morgan fingerprint density at radius 2 is 2.27 bits per heavy atom. The van der Waals surface area contributed by atoms with Crippen molar-refractivity contribution in [2.45, 2.75) is 31.8 Å². The van der Waals surface area contributed by atoms with E-state index in [1.54, 1.807) is 23.0 Å². The predicted molar refractivity (Wildman–Crippen MR) is 92.1 cm³/mol. The highest BCUT2D eigenvalue weighted by Gasteiger charge is 2.46. The van der Waals surface area contributed by atoms with Crippen LogP contribution in [-0.2, 0) is 12.1 Å². The number of carbonyl (C=O) groups is 1. The molecule has 2 aromatic heterocycles. The third-order valence-electron chi connectivity index (χ3n) is 4.52. The summed E-state index contributed by atoms with van der Waals surface area (Å²) < 4.78 is 6.99. The molecule has 0 saturated heterocycles. The molecule has 26 heavy (non-hydrogen) atoms. The Bertz CT molecular complexity index is 1010.